The van der Waals surface area contributed by atoms with Crippen molar-refractivity contribution in [1.82, 2.24) is 10.2 Å². The van der Waals surface area contributed by atoms with Gasteiger partial charge in [0.2, 0.25) is 0 Å². The van der Waals surface area contributed by atoms with E-state index in [2.05, 4.69) is 46.6 Å². The van der Waals surface area contributed by atoms with Crippen LogP contribution in [-0.2, 0) is 6.54 Å². The van der Waals surface area contributed by atoms with Crippen molar-refractivity contribution in [2.45, 2.75) is 31.8 Å². The maximum atomic E-state index is 5.82. The first-order valence-electron chi connectivity index (χ1n) is 7.72. The fourth-order valence-corrected chi connectivity index (χ4v) is 2.44. The molecule has 1 saturated carbocycles. The van der Waals surface area contributed by atoms with E-state index in [4.69, 9.17) is 4.74 Å². The Labute approximate surface area is 121 Å². The molecule has 1 N–H and O–H groups in total. The van der Waals surface area contributed by atoms with E-state index in [1.54, 1.807) is 0 Å². The molecule has 0 atom stereocenters. The lowest BCUT2D eigenvalue weighted by Crippen LogP contribution is -2.31. The molecule has 0 aromatic heterocycles. The quantitative estimate of drug-likeness (QED) is 0.772. The molecule has 3 heteroatoms. The highest BCUT2D eigenvalue weighted by molar-refractivity contribution is 5.27. The van der Waals surface area contributed by atoms with Gasteiger partial charge in [-0.2, -0.15) is 0 Å². The predicted octanol–water partition coefficient (Wildman–Crippen LogP) is 2.58. The summed E-state index contributed by atoms with van der Waals surface area (Å²) in [6.07, 6.45) is 8.35. The Balaban J connectivity index is 1.37. The van der Waals surface area contributed by atoms with E-state index in [1.165, 1.54) is 24.8 Å². The first-order valence-corrected chi connectivity index (χ1v) is 7.72. The van der Waals surface area contributed by atoms with Gasteiger partial charge in [0, 0.05) is 32.2 Å². The molecule has 108 valence electrons. The number of rotatable bonds is 7. The molecule has 1 heterocycles. The molecule has 3 nitrogen and oxygen atoms in total. The summed E-state index contributed by atoms with van der Waals surface area (Å²) in [5, 5.41) is 3.52. The zero-order valence-electron chi connectivity index (χ0n) is 12.1. The summed E-state index contributed by atoms with van der Waals surface area (Å²) in [7, 11) is 0. The van der Waals surface area contributed by atoms with Crippen molar-refractivity contribution >= 4 is 0 Å². The minimum atomic E-state index is 0.768. The summed E-state index contributed by atoms with van der Waals surface area (Å²) < 4.78 is 5.82. The summed E-state index contributed by atoms with van der Waals surface area (Å²) in [5.41, 5.74) is 1.34. The normalized spacial score (nSPS) is 19.2. The van der Waals surface area contributed by atoms with Gasteiger partial charge in [-0.25, -0.2) is 0 Å². The zero-order valence-corrected chi connectivity index (χ0v) is 12.1. The minimum absolute atomic E-state index is 0.768. The van der Waals surface area contributed by atoms with E-state index < -0.39 is 0 Å². The zero-order chi connectivity index (χ0) is 13.6. The molecule has 0 amide bonds. The monoisotopic (exact) mass is 272 g/mol. The van der Waals surface area contributed by atoms with Crippen molar-refractivity contribution in [3.05, 3.63) is 42.0 Å². The van der Waals surface area contributed by atoms with Crippen LogP contribution >= 0.6 is 0 Å². The average Bonchev–Trinajstić information content (AvgIpc) is 3.32. The van der Waals surface area contributed by atoms with Crippen LogP contribution in [0, 0.1) is 0 Å². The highest BCUT2D eigenvalue weighted by atomic mass is 16.5. The van der Waals surface area contributed by atoms with Gasteiger partial charge in [0.05, 0.1) is 0 Å². The standard InChI is InChI=1S/C17H24N2O/c1-2-10-19(11-3-1)12-13-20-17-8-4-15(5-9-17)14-18-16-6-7-16/h1-2,4-5,8-9,16,18H,3,6-7,10-14H2. The van der Waals surface area contributed by atoms with Crippen molar-refractivity contribution in [1.29, 1.82) is 0 Å². The third kappa shape index (κ3) is 4.36. The van der Waals surface area contributed by atoms with Gasteiger partial charge in [0.15, 0.2) is 0 Å². The van der Waals surface area contributed by atoms with Crippen LogP contribution in [0.1, 0.15) is 24.8 Å². The molecule has 0 saturated heterocycles. The Hall–Kier alpha value is -1.32. The van der Waals surface area contributed by atoms with Crippen molar-refractivity contribution in [2.24, 2.45) is 0 Å². The molecule has 1 aliphatic heterocycles. The summed E-state index contributed by atoms with van der Waals surface area (Å²) in [4.78, 5) is 2.42. The van der Waals surface area contributed by atoms with Gasteiger partial charge in [-0.05, 0) is 37.0 Å². The fraction of sp³-hybridized carbons (Fsp3) is 0.529. The highest BCUT2D eigenvalue weighted by Crippen LogP contribution is 2.20. The Bertz CT molecular complexity index is 437. The van der Waals surface area contributed by atoms with E-state index in [9.17, 15) is 0 Å². The average molecular weight is 272 g/mol. The first-order chi connectivity index (χ1) is 9.90. The number of hydrogen-bond donors (Lipinski definition) is 1. The van der Waals surface area contributed by atoms with E-state index in [0.717, 1.165) is 44.6 Å². The molecule has 1 aliphatic carbocycles. The van der Waals surface area contributed by atoms with Crippen LogP contribution in [-0.4, -0.2) is 37.2 Å². The number of ether oxygens (including phenoxy) is 1. The topological polar surface area (TPSA) is 24.5 Å². The molecule has 1 aromatic rings. The Morgan fingerprint density at radius 1 is 1.15 bits per heavy atom. The lowest BCUT2D eigenvalue weighted by atomic mass is 10.2. The molecule has 0 radical (unpaired) electrons. The van der Waals surface area contributed by atoms with Crippen LogP contribution in [0.15, 0.2) is 36.4 Å². The molecule has 20 heavy (non-hydrogen) atoms. The lowest BCUT2D eigenvalue weighted by Gasteiger charge is -2.22. The Kier molecular flexibility index (Phi) is 4.72. The molecule has 0 unspecified atom stereocenters. The van der Waals surface area contributed by atoms with E-state index >= 15 is 0 Å². The molecule has 0 bridgehead atoms. The van der Waals surface area contributed by atoms with E-state index in [0.29, 0.717) is 0 Å². The Morgan fingerprint density at radius 2 is 2.00 bits per heavy atom. The van der Waals surface area contributed by atoms with Crippen LogP contribution in [0.5, 0.6) is 5.75 Å². The third-order valence-electron chi connectivity index (χ3n) is 3.91. The van der Waals surface area contributed by atoms with Crippen molar-refractivity contribution in [2.75, 3.05) is 26.2 Å². The van der Waals surface area contributed by atoms with Gasteiger partial charge < -0.3 is 10.1 Å². The fourth-order valence-electron chi connectivity index (χ4n) is 2.44. The maximum absolute atomic E-state index is 5.82. The van der Waals surface area contributed by atoms with Crippen LogP contribution in [0.25, 0.3) is 0 Å². The molecule has 2 aliphatic rings. The number of nitrogens with one attached hydrogen (secondary N) is 1. The van der Waals surface area contributed by atoms with Gasteiger partial charge in [0.1, 0.15) is 12.4 Å². The number of hydrogen-bond acceptors (Lipinski definition) is 3. The summed E-state index contributed by atoms with van der Waals surface area (Å²) in [6.45, 7) is 4.98. The molecule has 1 aromatic carbocycles. The van der Waals surface area contributed by atoms with Gasteiger partial charge in [-0.15, -0.1) is 0 Å². The second-order valence-electron chi connectivity index (χ2n) is 5.71. The van der Waals surface area contributed by atoms with E-state index in [1.807, 2.05) is 0 Å². The number of nitrogens with zero attached hydrogens (tertiary/aromatic N) is 1. The van der Waals surface area contributed by atoms with Gasteiger partial charge in [-0.3, -0.25) is 4.90 Å². The third-order valence-corrected chi connectivity index (χ3v) is 3.91. The van der Waals surface area contributed by atoms with Crippen LogP contribution in [0.3, 0.4) is 0 Å². The predicted molar refractivity (Wildman–Crippen MR) is 82.0 cm³/mol. The SMILES string of the molecule is C1=CCN(CCOc2ccc(CNC3CC3)cc2)CC1. The molecule has 3 rings (SSSR count). The van der Waals surface area contributed by atoms with E-state index in [-0.39, 0.29) is 0 Å². The summed E-state index contributed by atoms with van der Waals surface area (Å²) in [5.74, 6) is 0.979. The summed E-state index contributed by atoms with van der Waals surface area (Å²) in [6, 6.07) is 9.26. The van der Waals surface area contributed by atoms with Crippen molar-refractivity contribution in [3.63, 3.8) is 0 Å². The second kappa shape index (κ2) is 6.91. The first kappa shape index (κ1) is 13.7. The van der Waals surface area contributed by atoms with Crippen LogP contribution in [0.2, 0.25) is 0 Å². The smallest absolute Gasteiger partial charge is 0.119 e. The minimum Gasteiger partial charge on any atom is -0.492 e. The summed E-state index contributed by atoms with van der Waals surface area (Å²) >= 11 is 0. The van der Waals surface area contributed by atoms with Crippen LogP contribution < -0.4 is 10.1 Å². The highest BCUT2D eigenvalue weighted by Gasteiger charge is 2.19. The number of benzene rings is 1. The molecule has 1 fully saturated rings. The van der Waals surface area contributed by atoms with Gasteiger partial charge >= 0.3 is 0 Å². The maximum Gasteiger partial charge on any atom is 0.119 e. The van der Waals surface area contributed by atoms with Crippen LogP contribution in [0.4, 0.5) is 0 Å². The van der Waals surface area contributed by atoms with Gasteiger partial charge in [0.25, 0.3) is 0 Å². The van der Waals surface area contributed by atoms with Crippen molar-refractivity contribution < 1.29 is 4.74 Å². The lowest BCUT2D eigenvalue weighted by molar-refractivity contribution is 0.221. The molecular weight excluding hydrogens is 248 g/mol. The second-order valence-corrected chi connectivity index (χ2v) is 5.71. The van der Waals surface area contributed by atoms with Crippen molar-refractivity contribution in [3.8, 4) is 5.75 Å². The molecular formula is C17H24N2O. The molecule has 0 spiro atoms. The Morgan fingerprint density at radius 3 is 2.70 bits per heavy atom. The van der Waals surface area contributed by atoms with Gasteiger partial charge in [-0.1, -0.05) is 24.3 Å². The largest absolute Gasteiger partial charge is 0.492 e.